The van der Waals surface area contributed by atoms with E-state index < -0.39 is 15.9 Å². The smallest absolute Gasteiger partial charge is 0.259 e. The second kappa shape index (κ2) is 8.30. The Kier molecular flexibility index (Phi) is 5.70. The molecular formula is C22H26N4O4S. The molecule has 1 aromatic rings. The molecule has 9 heteroatoms. The minimum atomic E-state index is -3.61. The molecule has 2 amide bonds. The molecule has 164 valence electrons. The summed E-state index contributed by atoms with van der Waals surface area (Å²) in [7, 11) is -3.61. The maximum Gasteiger partial charge on any atom is 0.259 e. The van der Waals surface area contributed by atoms with Gasteiger partial charge in [0.05, 0.1) is 22.6 Å². The van der Waals surface area contributed by atoms with Crippen molar-refractivity contribution in [2.24, 2.45) is 16.2 Å². The van der Waals surface area contributed by atoms with E-state index in [1.54, 1.807) is 41.4 Å². The SMILES string of the molecule is CC1CC(C)CN(C(=O)c2ccccc2NC(=O)C2=CC=CN3CCS(=O)(=O)N=C23)C1. The van der Waals surface area contributed by atoms with Crippen molar-refractivity contribution < 1.29 is 18.0 Å². The Morgan fingerprint density at radius 1 is 1.13 bits per heavy atom. The van der Waals surface area contributed by atoms with Crippen molar-refractivity contribution in [3.8, 4) is 0 Å². The molecule has 31 heavy (non-hydrogen) atoms. The minimum absolute atomic E-state index is 0.0975. The Bertz CT molecular complexity index is 1100. The maximum atomic E-state index is 13.2. The number of likely N-dealkylation sites (tertiary alicyclic amines) is 1. The van der Waals surface area contributed by atoms with Crippen molar-refractivity contribution in [1.29, 1.82) is 0 Å². The largest absolute Gasteiger partial charge is 0.338 e. The fraction of sp³-hybridized carbons (Fsp3) is 0.409. The van der Waals surface area contributed by atoms with Gasteiger partial charge in [0, 0.05) is 25.8 Å². The molecule has 3 aliphatic heterocycles. The number of hydrogen-bond donors (Lipinski definition) is 1. The van der Waals surface area contributed by atoms with Crippen LogP contribution in [0.15, 0.2) is 52.6 Å². The van der Waals surface area contributed by atoms with Crippen molar-refractivity contribution >= 4 is 33.4 Å². The highest BCUT2D eigenvalue weighted by molar-refractivity contribution is 7.90. The third kappa shape index (κ3) is 4.56. The van der Waals surface area contributed by atoms with Crippen LogP contribution in [0.3, 0.4) is 0 Å². The van der Waals surface area contributed by atoms with Gasteiger partial charge in [-0.2, -0.15) is 0 Å². The molecule has 1 N–H and O–H groups in total. The van der Waals surface area contributed by atoms with Gasteiger partial charge in [-0.3, -0.25) is 9.59 Å². The van der Waals surface area contributed by atoms with Gasteiger partial charge in [0.2, 0.25) is 0 Å². The van der Waals surface area contributed by atoms with Crippen LogP contribution in [0.5, 0.6) is 0 Å². The number of anilines is 1. The Morgan fingerprint density at radius 2 is 1.84 bits per heavy atom. The number of amidine groups is 1. The third-order valence-electron chi connectivity index (χ3n) is 5.66. The third-order valence-corrected chi connectivity index (χ3v) is 6.81. The lowest BCUT2D eigenvalue weighted by Crippen LogP contribution is -2.43. The second-order valence-electron chi connectivity index (χ2n) is 8.47. The van der Waals surface area contributed by atoms with Crippen molar-refractivity contribution in [2.75, 3.05) is 30.7 Å². The summed E-state index contributed by atoms with van der Waals surface area (Å²) in [4.78, 5) is 29.7. The van der Waals surface area contributed by atoms with E-state index in [9.17, 15) is 18.0 Å². The molecule has 0 spiro atoms. The topological polar surface area (TPSA) is 99.1 Å². The number of allylic oxidation sites excluding steroid dienone is 2. The normalized spacial score (nSPS) is 24.7. The van der Waals surface area contributed by atoms with Gasteiger partial charge >= 0.3 is 0 Å². The number of para-hydroxylation sites is 1. The van der Waals surface area contributed by atoms with Gasteiger partial charge in [0.1, 0.15) is 0 Å². The maximum absolute atomic E-state index is 13.2. The average molecular weight is 443 g/mol. The van der Waals surface area contributed by atoms with E-state index in [2.05, 4.69) is 23.6 Å². The lowest BCUT2D eigenvalue weighted by atomic mass is 9.91. The molecule has 3 aliphatic rings. The van der Waals surface area contributed by atoms with Crippen LogP contribution in [0.4, 0.5) is 5.69 Å². The summed E-state index contributed by atoms with van der Waals surface area (Å²) in [5.41, 5.74) is 0.956. The number of nitrogens with one attached hydrogen (secondary N) is 1. The fourth-order valence-electron chi connectivity index (χ4n) is 4.36. The monoisotopic (exact) mass is 442 g/mol. The Morgan fingerprint density at radius 3 is 2.58 bits per heavy atom. The summed E-state index contributed by atoms with van der Waals surface area (Å²) in [6.07, 6.45) is 6.00. The Hall–Kier alpha value is -2.94. The Balaban J connectivity index is 1.59. The molecule has 3 heterocycles. The van der Waals surface area contributed by atoms with Crippen LogP contribution < -0.4 is 5.32 Å². The molecule has 0 radical (unpaired) electrons. The van der Waals surface area contributed by atoms with Gasteiger partial charge in [-0.1, -0.05) is 26.0 Å². The Labute approximate surface area is 182 Å². The molecule has 1 fully saturated rings. The van der Waals surface area contributed by atoms with E-state index in [0.717, 1.165) is 6.42 Å². The zero-order valence-corrected chi connectivity index (χ0v) is 18.4. The second-order valence-corrected chi connectivity index (χ2v) is 10.2. The van der Waals surface area contributed by atoms with Crippen LogP contribution in [0, 0.1) is 11.8 Å². The molecule has 4 rings (SSSR count). The molecular weight excluding hydrogens is 416 g/mol. The summed E-state index contributed by atoms with van der Waals surface area (Å²) in [6.45, 7) is 5.88. The quantitative estimate of drug-likeness (QED) is 0.774. The first-order valence-corrected chi connectivity index (χ1v) is 12.0. The minimum Gasteiger partial charge on any atom is -0.338 e. The summed E-state index contributed by atoms with van der Waals surface area (Å²) < 4.78 is 27.7. The molecule has 0 aliphatic carbocycles. The molecule has 0 aromatic heterocycles. The summed E-state index contributed by atoms with van der Waals surface area (Å²) in [5, 5.41) is 2.79. The van der Waals surface area contributed by atoms with Crippen LogP contribution in [0.25, 0.3) is 0 Å². The van der Waals surface area contributed by atoms with Crippen molar-refractivity contribution in [2.45, 2.75) is 20.3 Å². The van der Waals surface area contributed by atoms with Gasteiger partial charge in [-0.05, 0) is 42.5 Å². The number of sulfonamides is 1. The molecule has 2 atom stereocenters. The molecule has 8 nitrogen and oxygen atoms in total. The molecule has 0 saturated carbocycles. The van der Waals surface area contributed by atoms with Crippen molar-refractivity contribution in [3.05, 3.63) is 53.8 Å². The highest BCUT2D eigenvalue weighted by Crippen LogP contribution is 2.26. The van der Waals surface area contributed by atoms with Gasteiger partial charge in [-0.15, -0.1) is 4.40 Å². The first-order chi connectivity index (χ1) is 14.7. The summed E-state index contributed by atoms with van der Waals surface area (Å²) in [6, 6.07) is 6.89. The van der Waals surface area contributed by atoms with Crippen LogP contribution in [0.1, 0.15) is 30.6 Å². The zero-order chi connectivity index (χ0) is 22.2. The van der Waals surface area contributed by atoms with Crippen LogP contribution in [-0.4, -0.2) is 61.3 Å². The molecule has 0 bridgehead atoms. The highest BCUT2D eigenvalue weighted by Gasteiger charge is 2.31. The van der Waals surface area contributed by atoms with Crippen molar-refractivity contribution in [1.82, 2.24) is 9.80 Å². The average Bonchev–Trinajstić information content (AvgIpc) is 2.72. The van der Waals surface area contributed by atoms with E-state index >= 15 is 0 Å². The van der Waals surface area contributed by atoms with Gasteiger partial charge in [0.25, 0.3) is 21.8 Å². The first-order valence-electron chi connectivity index (χ1n) is 10.4. The van der Waals surface area contributed by atoms with E-state index in [1.807, 2.05) is 4.90 Å². The number of carbonyl (C=O) groups is 2. The van der Waals surface area contributed by atoms with Crippen LogP contribution >= 0.6 is 0 Å². The van der Waals surface area contributed by atoms with Crippen molar-refractivity contribution in [3.63, 3.8) is 0 Å². The van der Waals surface area contributed by atoms with E-state index in [4.69, 9.17) is 0 Å². The number of fused-ring (bicyclic) bond motifs is 1. The van der Waals surface area contributed by atoms with Gasteiger partial charge in [0.15, 0.2) is 5.84 Å². The van der Waals surface area contributed by atoms with Crippen LogP contribution in [-0.2, 0) is 14.8 Å². The molecule has 1 aromatic carbocycles. The number of carbonyl (C=O) groups excluding carboxylic acids is 2. The van der Waals surface area contributed by atoms with E-state index in [-0.39, 0.29) is 29.6 Å². The lowest BCUT2D eigenvalue weighted by Gasteiger charge is -2.35. The predicted octanol–water partition coefficient (Wildman–Crippen LogP) is 2.24. The predicted molar refractivity (Wildman–Crippen MR) is 119 cm³/mol. The number of rotatable bonds is 3. The molecule has 1 saturated heterocycles. The fourth-order valence-corrected chi connectivity index (χ4v) is 5.35. The summed E-state index contributed by atoms with van der Waals surface area (Å²) in [5.74, 6) is 0.224. The van der Waals surface area contributed by atoms with Gasteiger partial charge in [-0.25, -0.2) is 8.42 Å². The van der Waals surface area contributed by atoms with E-state index in [1.165, 1.54) is 6.08 Å². The van der Waals surface area contributed by atoms with E-state index in [0.29, 0.717) is 36.2 Å². The van der Waals surface area contributed by atoms with Gasteiger partial charge < -0.3 is 15.1 Å². The standard InChI is InChI=1S/C22H26N4O4S/c1-15-12-16(2)14-26(13-15)22(28)17-6-3-4-8-19(17)23-21(27)18-7-5-9-25-10-11-31(29,30)24-20(18)25/h3-9,15-16H,10-14H2,1-2H3,(H,23,27). The summed E-state index contributed by atoms with van der Waals surface area (Å²) >= 11 is 0. The number of piperidine rings is 1. The zero-order valence-electron chi connectivity index (χ0n) is 17.6. The highest BCUT2D eigenvalue weighted by atomic mass is 32.2. The van der Waals surface area contributed by atoms with Crippen LogP contribution in [0.2, 0.25) is 0 Å². The first kappa shape index (κ1) is 21.3. The number of hydrogen-bond acceptors (Lipinski definition) is 5. The molecule has 2 unspecified atom stereocenters. The number of amides is 2. The lowest BCUT2D eigenvalue weighted by molar-refractivity contribution is -0.112. The number of benzene rings is 1. The number of nitrogens with zero attached hydrogens (tertiary/aromatic N) is 3.